The zero-order valence-electron chi connectivity index (χ0n) is 14.5. The van der Waals surface area contributed by atoms with Crippen molar-refractivity contribution in [3.05, 3.63) is 91.0 Å². The number of hydrogen-bond donors (Lipinski definition) is 1. The van der Waals surface area contributed by atoms with Gasteiger partial charge in [0.15, 0.2) is 0 Å². The number of benzene rings is 3. The summed E-state index contributed by atoms with van der Waals surface area (Å²) in [7, 11) is 0. The minimum absolute atomic E-state index is 0.00789. The molecule has 0 atom stereocenters. The highest BCUT2D eigenvalue weighted by molar-refractivity contribution is 6.36. The molecule has 3 aromatic carbocycles. The van der Waals surface area contributed by atoms with Crippen molar-refractivity contribution in [3.63, 3.8) is 0 Å². The molecule has 0 saturated carbocycles. The van der Waals surface area contributed by atoms with E-state index < -0.39 is 17.2 Å². The lowest BCUT2D eigenvalue weighted by Crippen LogP contribution is -2.28. The SMILES string of the molecule is O=C(O)c1ccc(-n2c(=O)n3c(=O)c4c(Cl)cccc4c4cccc2c43)cc1Cl. The lowest BCUT2D eigenvalue weighted by Gasteiger charge is -2.07. The van der Waals surface area contributed by atoms with Crippen LogP contribution in [0.15, 0.2) is 64.2 Å². The van der Waals surface area contributed by atoms with Crippen LogP contribution in [0, 0.1) is 0 Å². The molecule has 6 nitrogen and oxygen atoms in total. The number of imidazole rings is 1. The predicted molar refractivity (Wildman–Crippen MR) is 112 cm³/mol. The van der Waals surface area contributed by atoms with Crippen molar-refractivity contribution >= 4 is 56.4 Å². The number of carboxylic acid groups (broad SMARTS) is 1. The molecule has 0 aliphatic carbocycles. The Balaban J connectivity index is 1.99. The summed E-state index contributed by atoms with van der Waals surface area (Å²) in [4.78, 5) is 37.7. The fourth-order valence-electron chi connectivity index (χ4n) is 3.80. The Bertz CT molecular complexity index is 1600. The molecule has 2 heterocycles. The normalized spacial score (nSPS) is 11.7. The molecule has 142 valence electrons. The van der Waals surface area contributed by atoms with Crippen molar-refractivity contribution < 1.29 is 9.90 Å². The molecule has 0 aliphatic heterocycles. The van der Waals surface area contributed by atoms with Gasteiger partial charge in [-0.3, -0.25) is 9.36 Å². The van der Waals surface area contributed by atoms with E-state index in [0.717, 1.165) is 4.40 Å². The Kier molecular flexibility index (Phi) is 3.71. The third kappa shape index (κ3) is 2.33. The first-order chi connectivity index (χ1) is 13.9. The number of hydrogen-bond acceptors (Lipinski definition) is 3. The van der Waals surface area contributed by atoms with Gasteiger partial charge in [-0.2, -0.15) is 0 Å². The maximum Gasteiger partial charge on any atom is 0.340 e. The van der Waals surface area contributed by atoms with E-state index in [0.29, 0.717) is 27.5 Å². The van der Waals surface area contributed by atoms with Crippen LogP contribution in [0.2, 0.25) is 10.0 Å². The van der Waals surface area contributed by atoms with Gasteiger partial charge < -0.3 is 5.11 Å². The number of rotatable bonds is 2. The van der Waals surface area contributed by atoms with E-state index in [1.165, 1.54) is 22.8 Å². The van der Waals surface area contributed by atoms with Gasteiger partial charge in [0.2, 0.25) is 0 Å². The first-order valence-corrected chi connectivity index (χ1v) is 9.29. The van der Waals surface area contributed by atoms with Crippen LogP contribution in [0.5, 0.6) is 0 Å². The molecule has 0 fully saturated rings. The zero-order chi connectivity index (χ0) is 20.4. The molecular formula is C21H10Cl2N2O4. The highest BCUT2D eigenvalue weighted by Crippen LogP contribution is 2.31. The van der Waals surface area contributed by atoms with Crippen LogP contribution in [0.1, 0.15) is 10.4 Å². The van der Waals surface area contributed by atoms with Crippen molar-refractivity contribution in [1.82, 2.24) is 8.97 Å². The minimum atomic E-state index is -1.17. The Morgan fingerprint density at radius 3 is 2.34 bits per heavy atom. The largest absolute Gasteiger partial charge is 0.478 e. The fraction of sp³-hybridized carbons (Fsp3) is 0. The van der Waals surface area contributed by atoms with Gasteiger partial charge in [-0.1, -0.05) is 47.5 Å². The molecular weight excluding hydrogens is 415 g/mol. The van der Waals surface area contributed by atoms with Gasteiger partial charge in [0.25, 0.3) is 5.56 Å². The quantitative estimate of drug-likeness (QED) is 0.430. The van der Waals surface area contributed by atoms with E-state index in [2.05, 4.69) is 0 Å². The maximum absolute atomic E-state index is 13.3. The molecule has 0 unspecified atom stereocenters. The summed E-state index contributed by atoms with van der Waals surface area (Å²) in [6.07, 6.45) is 0. The lowest BCUT2D eigenvalue weighted by molar-refractivity contribution is 0.0697. The molecule has 29 heavy (non-hydrogen) atoms. The molecule has 2 aromatic heterocycles. The van der Waals surface area contributed by atoms with Crippen LogP contribution >= 0.6 is 23.2 Å². The molecule has 0 aliphatic rings. The Morgan fingerprint density at radius 2 is 1.62 bits per heavy atom. The number of pyridine rings is 1. The second-order valence-corrected chi connectivity index (χ2v) is 7.38. The monoisotopic (exact) mass is 424 g/mol. The second-order valence-electron chi connectivity index (χ2n) is 6.56. The maximum atomic E-state index is 13.3. The summed E-state index contributed by atoms with van der Waals surface area (Å²) in [5.74, 6) is -1.17. The number of carboxylic acids is 1. The van der Waals surface area contributed by atoms with Crippen LogP contribution < -0.4 is 11.2 Å². The number of fused-ring (bicyclic) bond motifs is 2. The molecule has 0 bridgehead atoms. The van der Waals surface area contributed by atoms with E-state index >= 15 is 0 Å². The van der Waals surface area contributed by atoms with Crippen LogP contribution in [-0.2, 0) is 0 Å². The lowest BCUT2D eigenvalue weighted by atomic mass is 10.1. The summed E-state index contributed by atoms with van der Waals surface area (Å²) >= 11 is 12.4. The highest BCUT2D eigenvalue weighted by atomic mass is 35.5. The Morgan fingerprint density at radius 1 is 0.897 bits per heavy atom. The van der Waals surface area contributed by atoms with Crippen molar-refractivity contribution in [3.8, 4) is 5.69 Å². The first-order valence-electron chi connectivity index (χ1n) is 8.53. The van der Waals surface area contributed by atoms with Crippen molar-refractivity contribution in [2.24, 2.45) is 0 Å². The summed E-state index contributed by atoms with van der Waals surface area (Å²) in [5, 5.41) is 11.1. The van der Waals surface area contributed by atoms with Gasteiger partial charge in [-0.15, -0.1) is 0 Å². The van der Waals surface area contributed by atoms with E-state index in [1.54, 1.807) is 30.3 Å². The molecule has 8 heteroatoms. The fourth-order valence-corrected chi connectivity index (χ4v) is 4.31. The molecule has 0 spiro atoms. The summed E-state index contributed by atoms with van der Waals surface area (Å²) in [5.41, 5.74) is 0.165. The smallest absolute Gasteiger partial charge is 0.340 e. The molecule has 5 aromatic rings. The van der Waals surface area contributed by atoms with Crippen LogP contribution in [-0.4, -0.2) is 20.0 Å². The van der Waals surface area contributed by atoms with E-state index in [1.807, 2.05) is 6.07 Å². The number of halogens is 2. The van der Waals surface area contributed by atoms with Crippen LogP contribution in [0.25, 0.3) is 32.9 Å². The van der Waals surface area contributed by atoms with Crippen molar-refractivity contribution in [2.45, 2.75) is 0 Å². The van der Waals surface area contributed by atoms with Gasteiger partial charge in [-0.25, -0.2) is 14.0 Å². The average Bonchev–Trinajstić information content (AvgIpc) is 2.98. The van der Waals surface area contributed by atoms with Crippen LogP contribution in [0.4, 0.5) is 0 Å². The third-order valence-electron chi connectivity index (χ3n) is 5.02. The molecule has 1 N–H and O–H groups in total. The Labute approximate surface area is 172 Å². The third-order valence-corrected chi connectivity index (χ3v) is 5.65. The molecule has 0 radical (unpaired) electrons. The predicted octanol–water partition coefficient (Wildman–Crippen LogP) is 4.20. The molecule has 0 saturated heterocycles. The van der Waals surface area contributed by atoms with Crippen molar-refractivity contribution in [1.29, 1.82) is 0 Å². The minimum Gasteiger partial charge on any atom is -0.478 e. The van der Waals surface area contributed by atoms with Gasteiger partial charge in [0, 0.05) is 5.39 Å². The molecule has 5 rings (SSSR count). The average molecular weight is 425 g/mol. The number of carbonyl (C=O) groups is 1. The van der Waals surface area contributed by atoms with Gasteiger partial charge in [-0.05, 0) is 35.7 Å². The first kappa shape index (κ1) is 17.7. The summed E-state index contributed by atoms with van der Waals surface area (Å²) < 4.78 is 2.44. The number of aromatic carboxylic acids is 1. The van der Waals surface area contributed by atoms with Crippen LogP contribution in [0.3, 0.4) is 0 Å². The summed E-state index contributed by atoms with van der Waals surface area (Å²) in [6, 6.07) is 14.7. The van der Waals surface area contributed by atoms with E-state index in [-0.39, 0.29) is 21.0 Å². The second kappa shape index (κ2) is 6.07. The topological polar surface area (TPSA) is 80.8 Å². The van der Waals surface area contributed by atoms with E-state index in [9.17, 15) is 19.5 Å². The van der Waals surface area contributed by atoms with Crippen molar-refractivity contribution in [2.75, 3.05) is 0 Å². The summed E-state index contributed by atoms with van der Waals surface area (Å²) in [6.45, 7) is 0. The van der Waals surface area contributed by atoms with Gasteiger partial charge in [0.05, 0.1) is 37.7 Å². The number of aromatic nitrogens is 2. The standard InChI is InChI=1S/C21H10Cl2N2O4/c22-14-5-1-3-11-12-4-2-6-16-18(12)25(19(26)17(11)14)21(29)24(16)10-7-8-13(20(27)28)15(23)9-10/h1-9H,(H,27,28). The zero-order valence-corrected chi connectivity index (χ0v) is 16.0. The van der Waals surface area contributed by atoms with E-state index in [4.69, 9.17) is 23.2 Å². The molecule has 0 amide bonds. The number of nitrogens with zero attached hydrogens (tertiary/aromatic N) is 2. The van der Waals surface area contributed by atoms with Gasteiger partial charge >= 0.3 is 11.7 Å². The Hall–Kier alpha value is -3.35. The number of para-hydroxylation sites is 1. The van der Waals surface area contributed by atoms with Gasteiger partial charge in [0.1, 0.15) is 0 Å². The highest BCUT2D eigenvalue weighted by Gasteiger charge is 2.21.